The number of hydrogen-bond donors (Lipinski definition) is 1. The lowest BCUT2D eigenvalue weighted by molar-refractivity contribution is 0.102. The summed E-state index contributed by atoms with van der Waals surface area (Å²) in [4.78, 5) is 0. The Morgan fingerprint density at radius 2 is 2.00 bits per heavy atom. The molecule has 0 bridgehead atoms. The Labute approximate surface area is 94.6 Å². The molecule has 0 spiro atoms. The maximum Gasteiger partial charge on any atom is 0.165 e. The van der Waals surface area contributed by atoms with Gasteiger partial charge in [-0.15, -0.1) is 0 Å². The van der Waals surface area contributed by atoms with E-state index >= 15 is 0 Å². The molecule has 1 aromatic rings. The largest absolute Gasteiger partial charge is 0.483 e. The van der Waals surface area contributed by atoms with Crippen molar-refractivity contribution in [2.24, 2.45) is 0 Å². The van der Waals surface area contributed by atoms with Crippen LogP contribution in [0.25, 0.3) is 0 Å². The Kier molecular flexibility index (Phi) is 4.24. The second-order valence-electron chi connectivity index (χ2n) is 4.22. The van der Waals surface area contributed by atoms with E-state index in [1.807, 2.05) is 20.8 Å². The van der Waals surface area contributed by atoms with Gasteiger partial charge in [0, 0.05) is 12.6 Å². The molecule has 16 heavy (non-hydrogen) atoms. The van der Waals surface area contributed by atoms with Crippen LogP contribution in [-0.4, -0.2) is 18.7 Å². The van der Waals surface area contributed by atoms with Gasteiger partial charge in [0.15, 0.2) is 11.6 Å². The molecule has 1 N–H and O–H groups in total. The number of rotatable bonds is 5. The summed E-state index contributed by atoms with van der Waals surface area (Å²) in [6.07, 6.45) is 0. The van der Waals surface area contributed by atoms with Crippen LogP contribution in [0.5, 0.6) is 5.75 Å². The average Bonchev–Trinajstić information content (AvgIpc) is 2.20. The van der Waals surface area contributed by atoms with Crippen molar-refractivity contribution in [3.05, 3.63) is 29.8 Å². The fraction of sp³-hybridized carbons (Fsp3) is 0.500. The summed E-state index contributed by atoms with van der Waals surface area (Å²) in [5.74, 6) is -1.11. The van der Waals surface area contributed by atoms with Crippen molar-refractivity contribution in [3.8, 4) is 5.75 Å². The molecule has 0 heterocycles. The molecule has 0 radical (unpaired) electrons. The minimum atomic E-state index is -0.579. The van der Waals surface area contributed by atoms with Crippen molar-refractivity contribution in [2.75, 3.05) is 13.1 Å². The van der Waals surface area contributed by atoms with Gasteiger partial charge in [-0.1, -0.05) is 6.92 Å². The molecule has 0 amide bonds. The molecule has 0 aliphatic carbocycles. The lowest BCUT2D eigenvalue weighted by Gasteiger charge is -2.26. The Morgan fingerprint density at radius 3 is 2.62 bits per heavy atom. The maximum absolute atomic E-state index is 13.3. The van der Waals surface area contributed by atoms with E-state index in [4.69, 9.17) is 4.74 Å². The zero-order chi connectivity index (χ0) is 12.2. The Hall–Kier alpha value is -1.16. The molecule has 0 saturated heterocycles. The van der Waals surface area contributed by atoms with Crippen molar-refractivity contribution >= 4 is 0 Å². The molecule has 0 atom stereocenters. The normalized spacial score (nSPS) is 11.6. The van der Waals surface area contributed by atoms with E-state index in [1.165, 1.54) is 0 Å². The zero-order valence-electron chi connectivity index (χ0n) is 9.81. The molecule has 0 aromatic heterocycles. The summed E-state index contributed by atoms with van der Waals surface area (Å²) in [6, 6.07) is 3.19. The van der Waals surface area contributed by atoms with E-state index in [1.54, 1.807) is 0 Å². The SMILES string of the molecule is CCNCC(C)(C)Oc1cc(F)ccc1F. The number of hydrogen-bond acceptors (Lipinski definition) is 2. The highest BCUT2D eigenvalue weighted by Gasteiger charge is 2.21. The highest BCUT2D eigenvalue weighted by Crippen LogP contribution is 2.22. The van der Waals surface area contributed by atoms with Gasteiger partial charge in [0.05, 0.1) is 0 Å². The van der Waals surface area contributed by atoms with E-state index in [0.29, 0.717) is 6.54 Å². The quantitative estimate of drug-likeness (QED) is 0.838. The topological polar surface area (TPSA) is 21.3 Å². The van der Waals surface area contributed by atoms with Crippen molar-refractivity contribution in [1.82, 2.24) is 5.32 Å². The van der Waals surface area contributed by atoms with Crippen LogP contribution in [0.15, 0.2) is 18.2 Å². The molecule has 0 fully saturated rings. The monoisotopic (exact) mass is 229 g/mol. The fourth-order valence-electron chi connectivity index (χ4n) is 1.32. The third-order valence-electron chi connectivity index (χ3n) is 2.08. The number of ether oxygens (including phenoxy) is 1. The van der Waals surface area contributed by atoms with Crippen molar-refractivity contribution in [2.45, 2.75) is 26.4 Å². The number of likely N-dealkylation sites (N-methyl/N-ethyl adjacent to an activating group) is 1. The van der Waals surface area contributed by atoms with Crippen LogP contribution >= 0.6 is 0 Å². The lowest BCUT2D eigenvalue weighted by Crippen LogP contribution is -2.40. The molecule has 90 valence electrons. The summed E-state index contributed by atoms with van der Waals surface area (Å²) in [5, 5.41) is 3.10. The Morgan fingerprint density at radius 1 is 1.31 bits per heavy atom. The van der Waals surface area contributed by atoms with Gasteiger partial charge in [-0.05, 0) is 32.5 Å². The summed E-state index contributed by atoms with van der Waals surface area (Å²) < 4.78 is 31.7. The first kappa shape index (κ1) is 12.9. The first-order chi connectivity index (χ1) is 7.44. The Bertz CT molecular complexity index is 353. The van der Waals surface area contributed by atoms with Gasteiger partial charge in [-0.3, -0.25) is 0 Å². The standard InChI is InChI=1S/C12H17F2NO/c1-4-15-8-12(2,3)16-11-7-9(13)5-6-10(11)14/h5-7,15H,4,8H2,1-3H3. The van der Waals surface area contributed by atoms with E-state index in [-0.39, 0.29) is 5.75 Å². The van der Waals surface area contributed by atoms with Crippen LogP contribution in [-0.2, 0) is 0 Å². The zero-order valence-corrected chi connectivity index (χ0v) is 9.81. The molecule has 2 nitrogen and oxygen atoms in total. The van der Waals surface area contributed by atoms with E-state index in [9.17, 15) is 8.78 Å². The summed E-state index contributed by atoms with van der Waals surface area (Å²) in [6.45, 7) is 6.98. The molecular formula is C12H17F2NO. The van der Waals surface area contributed by atoms with Crippen LogP contribution in [0.4, 0.5) is 8.78 Å². The second-order valence-corrected chi connectivity index (χ2v) is 4.22. The molecule has 0 aliphatic rings. The highest BCUT2D eigenvalue weighted by molar-refractivity contribution is 5.25. The van der Waals surface area contributed by atoms with Crippen molar-refractivity contribution in [3.63, 3.8) is 0 Å². The van der Waals surface area contributed by atoms with Crippen LogP contribution in [0.3, 0.4) is 0 Å². The van der Waals surface area contributed by atoms with Gasteiger partial charge in [-0.25, -0.2) is 8.78 Å². The molecule has 4 heteroatoms. The van der Waals surface area contributed by atoms with Gasteiger partial charge in [-0.2, -0.15) is 0 Å². The molecule has 0 unspecified atom stereocenters. The molecule has 1 rings (SSSR count). The highest BCUT2D eigenvalue weighted by atomic mass is 19.1. The predicted molar refractivity (Wildman–Crippen MR) is 59.6 cm³/mol. The lowest BCUT2D eigenvalue weighted by atomic mass is 10.1. The third kappa shape index (κ3) is 3.77. The number of halogens is 2. The van der Waals surface area contributed by atoms with Gasteiger partial charge in [0.1, 0.15) is 11.4 Å². The van der Waals surface area contributed by atoms with E-state index < -0.39 is 17.2 Å². The molecular weight excluding hydrogens is 212 g/mol. The second kappa shape index (κ2) is 5.25. The molecule has 0 saturated carbocycles. The summed E-state index contributed by atoms with van der Waals surface area (Å²) in [7, 11) is 0. The van der Waals surface area contributed by atoms with Crippen LogP contribution in [0.2, 0.25) is 0 Å². The first-order valence-corrected chi connectivity index (χ1v) is 5.29. The van der Waals surface area contributed by atoms with Gasteiger partial charge in [0.25, 0.3) is 0 Å². The minimum absolute atomic E-state index is 0.0529. The summed E-state index contributed by atoms with van der Waals surface area (Å²) in [5.41, 5.74) is -0.579. The molecule has 0 aliphatic heterocycles. The average molecular weight is 229 g/mol. The van der Waals surface area contributed by atoms with E-state index in [0.717, 1.165) is 24.7 Å². The Balaban J connectivity index is 2.74. The minimum Gasteiger partial charge on any atom is -0.483 e. The predicted octanol–water partition coefficient (Wildman–Crippen LogP) is 2.73. The van der Waals surface area contributed by atoms with Crippen LogP contribution in [0.1, 0.15) is 20.8 Å². The van der Waals surface area contributed by atoms with E-state index in [2.05, 4.69) is 5.32 Å². The van der Waals surface area contributed by atoms with Gasteiger partial charge < -0.3 is 10.1 Å². The number of benzene rings is 1. The fourth-order valence-corrected chi connectivity index (χ4v) is 1.32. The number of nitrogens with one attached hydrogen (secondary N) is 1. The van der Waals surface area contributed by atoms with Crippen LogP contribution < -0.4 is 10.1 Å². The van der Waals surface area contributed by atoms with Crippen molar-refractivity contribution < 1.29 is 13.5 Å². The molecule has 1 aromatic carbocycles. The first-order valence-electron chi connectivity index (χ1n) is 5.29. The smallest absolute Gasteiger partial charge is 0.165 e. The van der Waals surface area contributed by atoms with Gasteiger partial charge >= 0.3 is 0 Å². The van der Waals surface area contributed by atoms with Crippen LogP contribution in [0, 0.1) is 11.6 Å². The summed E-state index contributed by atoms with van der Waals surface area (Å²) >= 11 is 0. The van der Waals surface area contributed by atoms with Gasteiger partial charge in [0.2, 0.25) is 0 Å². The maximum atomic E-state index is 13.3. The third-order valence-corrected chi connectivity index (χ3v) is 2.08. The van der Waals surface area contributed by atoms with Crippen molar-refractivity contribution in [1.29, 1.82) is 0 Å².